The minimum atomic E-state index is -0.191. The third-order valence-corrected chi connectivity index (χ3v) is 5.27. The van der Waals surface area contributed by atoms with Crippen molar-refractivity contribution in [1.82, 2.24) is 10.6 Å². The van der Waals surface area contributed by atoms with Gasteiger partial charge in [0.1, 0.15) is 5.82 Å². The van der Waals surface area contributed by atoms with Gasteiger partial charge >= 0.3 is 0 Å². The van der Waals surface area contributed by atoms with Gasteiger partial charge in [0.2, 0.25) is 5.91 Å². The first-order valence-electron chi connectivity index (χ1n) is 8.06. The summed E-state index contributed by atoms with van der Waals surface area (Å²) in [4.78, 5) is 24.1. The zero-order valence-electron chi connectivity index (χ0n) is 13.8. The van der Waals surface area contributed by atoms with E-state index in [2.05, 4.69) is 10.6 Å². The maximum Gasteiger partial charge on any atom is 0.261 e. The molecule has 0 aliphatic rings. The second-order valence-electron chi connectivity index (χ2n) is 5.33. The summed E-state index contributed by atoms with van der Waals surface area (Å²) in [5.74, 6) is 1.01. The van der Waals surface area contributed by atoms with Crippen molar-refractivity contribution in [3.8, 4) is 0 Å². The molecule has 2 aromatic rings. The Morgan fingerprint density at radius 1 is 1.08 bits per heavy atom. The molecule has 0 saturated heterocycles. The van der Waals surface area contributed by atoms with Crippen LogP contribution in [0.2, 0.25) is 0 Å². The fourth-order valence-electron chi connectivity index (χ4n) is 2.09. The Morgan fingerprint density at radius 2 is 1.92 bits per heavy atom. The van der Waals surface area contributed by atoms with Gasteiger partial charge in [-0.05, 0) is 29.5 Å². The van der Waals surface area contributed by atoms with Gasteiger partial charge in [-0.2, -0.15) is 11.8 Å². The number of hydrogen-bond donors (Lipinski definition) is 2. The molecule has 0 aliphatic carbocycles. The lowest BCUT2D eigenvalue weighted by Crippen LogP contribution is -2.28. The third kappa shape index (κ3) is 7.27. The highest BCUT2D eigenvalue weighted by atomic mass is 32.2. The molecule has 0 unspecified atom stereocenters. The van der Waals surface area contributed by atoms with Crippen LogP contribution in [0.3, 0.4) is 0 Å². The molecular weight excluding hydrogens is 359 g/mol. The maximum atomic E-state index is 13.4. The smallest absolute Gasteiger partial charge is 0.261 e. The lowest BCUT2D eigenvalue weighted by molar-refractivity contribution is -0.121. The van der Waals surface area contributed by atoms with Gasteiger partial charge in [-0.3, -0.25) is 9.59 Å². The molecule has 0 spiro atoms. The van der Waals surface area contributed by atoms with Gasteiger partial charge in [0.05, 0.1) is 4.88 Å². The molecule has 0 saturated carbocycles. The van der Waals surface area contributed by atoms with Crippen LogP contribution in [0, 0.1) is 5.82 Å². The maximum absolute atomic E-state index is 13.4. The van der Waals surface area contributed by atoms with Crippen LogP contribution < -0.4 is 10.6 Å². The van der Waals surface area contributed by atoms with Crippen molar-refractivity contribution >= 4 is 34.9 Å². The summed E-state index contributed by atoms with van der Waals surface area (Å²) in [6.07, 6.45) is 0.980. The minimum absolute atomic E-state index is 0.0307. The van der Waals surface area contributed by atoms with E-state index in [1.165, 1.54) is 17.4 Å². The van der Waals surface area contributed by atoms with Crippen molar-refractivity contribution in [1.29, 1.82) is 0 Å². The normalized spacial score (nSPS) is 10.4. The van der Waals surface area contributed by atoms with E-state index in [1.54, 1.807) is 30.0 Å². The Bertz CT molecular complexity index is 677. The first-order chi connectivity index (χ1) is 12.2. The van der Waals surface area contributed by atoms with Gasteiger partial charge in [0.25, 0.3) is 5.91 Å². The van der Waals surface area contributed by atoms with Crippen LogP contribution in [0.1, 0.15) is 28.1 Å². The molecule has 0 radical (unpaired) electrons. The average Bonchev–Trinajstić information content (AvgIpc) is 3.14. The summed E-state index contributed by atoms with van der Waals surface area (Å²) in [6.45, 7) is 1.03. The zero-order chi connectivity index (χ0) is 17.9. The highest BCUT2D eigenvalue weighted by molar-refractivity contribution is 7.98. The molecule has 1 aromatic carbocycles. The summed E-state index contributed by atoms with van der Waals surface area (Å²) in [6, 6.07) is 10.3. The molecule has 2 rings (SSSR count). The van der Waals surface area contributed by atoms with E-state index in [1.807, 2.05) is 17.5 Å². The molecule has 7 heteroatoms. The molecular formula is C18H21FN2O2S2. The van der Waals surface area contributed by atoms with Gasteiger partial charge in [-0.15, -0.1) is 11.3 Å². The number of benzene rings is 1. The molecule has 1 aromatic heterocycles. The number of nitrogens with one attached hydrogen (secondary N) is 2. The minimum Gasteiger partial charge on any atom is -0.355 e. The summed E-state index contributed by atoms with van der Waals surface area (Å²) in [5.41, 5.74) is 0.681. The summed E-state index contributed by atoms with van der Waals surface area (Å²) in [5, 5.41) is 7.48. The second-order valence-corrected chi connectivity index (χ2v) is 7.38. The van der Waals surface area contributed by atoms with Crippen LogP contribution in [0.25, 0.3) is 0 Å². The number of carbonyl (C=O) groups is 2. The molecule has 2 N–H and O–H groups in total. The van der Waals surface area contributed by atoms with Crippen molar-refractivity contribution in [3.05, 3.63) is 58.0 Å². The van der Waals surface area contributed by atoms with Crippen LogP contribution in [-0.2, 0) is 10.5 Å². The lowest BCUT2D eigenvalue weighted by Gasteiger charge is -2.06. The van der Waals surface area contributed by atoms with Gasteiger partial charge in [-0.1, -0.05) is 24.3 Å². The fraction of sp³-hybridized carbons (Fsp3) is 0.333. The van der Waals surface area contributed by atoms with Crippen molar-refractivity contribution in [2.24, 2.45) is 0 Å². The Morgan fingerprint density at radius 3 is 2.68 bits per heavy atom. The van der Waals surface area contributed by atoms with Gasteiger partial charge in [-0.25, -0.2) is 4.39 Å². The van der Waals surface area contributed by atoms with Crippen LogP contribution in [0.4, 0.5) is 4.39 Å². The molecule has 0 atom stereocenters. The third-order valence-electron chi connectivity index (χ3n) is 3.40. The van der Waals surface area contributed by atoms with Gasteiger partial charge < -0.3 is 10.6 Å². The van der Waals surface area contributed by atoms with Crippen molar-refractivity contribution in [2.45, 2.75) is 18.6 Å². The van der Waals surface area contributed by atoms with Crippen LogP contribution in [-0.4, -0.2) is 30.7 Å². The number of rotatable bonds is 10. The Labute approximate surface area is 155 Å². The van der Waals surface area contributed by atoms with Crippen LogP contribution >= 0.6 is 23.1 Å². The predicted octanol–water partition coefficient (Wildman–Crippen LogP) is 3.45. The Balaban J connectivity index is 1.48. The SMILES string of the molecule is O=C(CCCNC(=O)c1cccs1)NCCSCc1ccccc1F. The topological polar surface area (TPSA) is 58.2 Å². The summed E-state index contributed by atoms with van der Waals surface area (Å²) >= 11 is 2.98. The van der Waals surface area contributed by atoms with Crippen LogP contribution in [0.5, 0.6) is 0 Å². The molecule has 0 bridgehead atoms. The summed E-state index contributed by atoms with van der Waals surface area (Å²) in [7, 11) is 0. The quantitative estimate of drug-likeness (QED) is 0.621. The Hall–Kier alpha value is -1.86. The molecule has 2 amide bonds. The first-order valence-corrected chi connectivity index (χ1v) is 10.1. The lowest BCUT2D eigenvalue weighted by atomic mass is 10.2. The van der Waals surface area contributed by atoms with E-state index in [0.29, 0.717) is 42.1 Å². The average molecular weight is 381 g/mol. The van der Waals surface area contributed by atoms with Crippen molar-refractivity contribution < 1.29 is 14.0 Å². The van der Waals surface area contributed by atoms with E-state index in [0.717, 1.165) is 5.75 Å². The van der Waals surface area contributed by atoms with Gasteiger partial charge in [0, 0.05) is 31.0 Å². The van der Waals surface area contributed by atoms with Gasteiger partial charge in [0.15, 0.2) is 0 Å². The van der Waals surface area contributed by atoms with E-state index >= 15 is 0 Å². The molecule has 0 fully saturated rings. The van der Waals surface area contributed by atoms with Crippen molar-refractivity contribution in [2.75, 3.05) is 18.8 Å². The van der Waals surface area contributed by atoms with E-state index < -0.39 is 0 Å². The standard InChI is InChI=1S/C18H21FN2O2S2/c19-15-6-2-1-5-14(15)13-24-12-10-20-17(22)8-3-9-21-18(23)16-7-4-11-25-16/h1-2,4-7,11H,3,8-10,12-13H2,(H,20,22)(H,21,23). The predicted molar refractivity (Wildman–Crippen MR) is 101 cm³/mol. The van der Waals surface area contributed by atoms with E-state index in [9.17, 15) is 14.0 Å². The second kappa shape index (κ2) is 10.9. The number of thiophene rings is 1. The van der Waals surface area contributed by atoms with Crippen molar-refractivity contribution in [3.63, 3.8) is 0 Å². The molecule has 0 aliphatic heterocycles. The number of amides is 2. The first kappa shape index (κ1) is 19.5. The number of hydrogen-bond acceptors (Lipinski definition) is 4. The van der Waals surface area contributed by atoms with E-state index in [-0.39, 0.29) is 17.6 Å². The largest absolute Gasteiger partial charge is 0.355 e. The number of carbonyl (C=O) groups excluding carboxylic acids is 2. The molecule has 25 heavy (non-hydrogen) atoms. The van der Waals surface area contributed by atoms with Crippen LogP contribution in [0.15, 0.2) is 41.8 Å². The molecule has 134 valence electrons. The fourth-order valence-corrected chi connectivity index (χ4v) is 3.58. The summed E-state index contributed by atoms with van der Waals surface area (Å²) < 4.78 is 13.4. The Kier molecular flexibility index (Phi) is 8.48. The number of thioether (sulfide) groups is 1. The molecule has 1 heterocycles. The highest BCUT2D eigenvalue weighted by Crippen LogP contribution is 2.14. The molecule has 4 nitrogen and oxygen atoms in total. The zero-order valence-corrected chi connectivity index (χ0v) is 15.4. The monoisotopic (exact) mass is 380 g/mol. The van der Waals surface area contributed by atoms with E-state index in [4.69, 9.17) is 0 Å². The number of halogens is 1. The highest BCUT2D eigenvalue weighted by Gasteiger charge is 2.06.